The summed E-state index contributed by atoms with van der Waals surface area (Å²) in [6.45, 7) is 2.20. The lowest BCUT2D eigenvalue weighted by atomic mass is 9.84. The average Bonchev–Trinajstić information content (AvgIpc) is 3.07. The normalized spacial score (nSPS) is 31.0. The third-order valence-corrected chi connectivity index (χ3v) is 5.41. The predicted molar refractivity (Wildman–Crippen MR) is 89.9 cm³/mol. The van der Waals surface area contributed by atoms with Crippen LogP contribution in [-0.2, 0) is 6.42 Å². The standard InChI is InChI=1S/C20H28O2/c1-2-3-4-5-6-14-8-12-19(22)20(14)16-7-10-17-15(13-16)9-11-18(17)21/h4-5,7,10,13-14,18-22H,2-3,6,8-9,11-12H2,1H3/b5-4+. The molecule has 2 aliphatic carbocycles. The maximum absolute atomic E-state index is 10.4. The Balaban J connectivity index is 1.76. The van der Waals surface area contributed by atoms with Gasteiger partial charge in [-0.1, -0.05) is 43.7 Å². The molecule has 2 aliphatic rings. The number of allylic oxidation sites excluding steroid dienone is 2. The van der Waals surface area contributed by atoms with E-state index in [1.165, 1.54) is 17.5 Å². The maximum Gasteiger partial charge on any atom is 0.0795 e. The molecule has 22 heavy (non-hydrogen) atoms. The van der Waals surface area contributed by atoms with E-state index in [0.717, 1.165) is 44.1 Å². The van der Waals surface area contributed by atoms with Gasteiger partial charge < -0.3 is 10.2 Å². The molecule has 3 rings (SSSR count). The quantitative estimate of drug-likeness (QED) is 0.797. The molecule has 0 heterocycles. The second-order valence-electron chi connectivity index (χ2n) is 6.94. The number of hydrogen-bond donors (Lipinski definition) is 2. The molecule has 4 unspecified atom stereocenters. The summed E-state index contributed by atoms with van der Waals surface area (Å²) in [6.07, 6.45) is 11.3. The molecule has 2 N–H and O–H groups in total. The van der Waals surface area contributed by atoms with Gasteiger partial charge in [-0.05, 0) is 61.1 Å². The van der Waals surface area contributed by atoms with E-state index in [2.05, 4.69) is 37.3 Å². The molecule has 0 amide bonds. The first-order valence-electron chi connectivity index (χ1n) is 8.84. The van der Waals surface area contributed by atoms with Gasteiger partial charge in [-0.2, -0.15) is 0 Å². The summed E-state index contributed by atoms with van der Waals surface area (Å²) in [5.74, 6) is 0.807. The number of fused-ring (bicyclic) bond motifs is 1. The first kappa shape index (κ1) is 15.8. The molecule has 1 aromatic rings. The number of unbranched alkanes of at least 4 members (excludes halogenated alkanes) is 1. The highest BCUT2D eigenvalue weighted by Crippen LogP contribution is 2.43. The van der Waals surface area contributed by atoms with Crippen LogP contribution >= 0.6 is 0 Å². The van der Waals surface area contributed by atoms with Crippen LogP contribution in [0.5, 0.6) is 0 Å². The zero-order valence-electron chi connectivity index (χ0n) is 13.5. The largest absolute Gasteiger partial charge is 0.392 e. The van der Waals surface area contributed by atoms with Gasteiger partial charge in [0, 0.05) is 5.92 Å². The van der Waals surface area contributed by atoms with Gasteiger partial charge in [0.2, 0.25) is 0 Å². The number of aryl methyl sites for hydroxylation is 1. The van der Waals surface area contributed by atoms with Gasteiger partial charge >= 0.3 is 0 Å². The van der Waals surface area contributed by atoms with E-state index in [9.17, 15) is 10.2 Å². The number of aliphatic hydroxyl groups is 2. The highest BCUT2D eigenvalue weighted by atomic mass is 16.3. The van der Waals surface area contributed by atoms with Crippen molar-refractivity contribution < 1.29 is 10.2 Å². The maximum atomic E-state index is 10.4. The molecule has 1 aromatic carbocycles. The lowest BCUT2D eigenvalue weighted by Gasteiger charge is -2.22. The van der Waals surface area contributed by atoms with Crippen molar-refractivity contribution in [2.45, 2.75) is 70.0 Å². The Labute approximate surface area is 133 Å². The first-order chi connectivity index (χ1) is 10.7. The van der Waals surface area contributed by atoms with Crippen LogP contribution in [0.3, 0.4) is 0 Å². The van der Waals surface area contributed by atoms with E-state index in [1.54, 1.807) is 0 Å². The van der Waals surface area contributed by atoms with Crippen molar-refractivity contribution in [2.75, 3.05) is 0 Å². The van der Waals surface area contributed by atoms with Crippen molar-refractivity contribution in [1.82, 2.24) is 0 Å². The molecule has 1 saturated carbocycles. The smallest absolute Gasteiger partial charge is 0.0795 e. The van der Waals surface area contributed by atoms with Crippen LogP contribution in [0.2, 0.25) is 0 Å². The summed E-state index contributed by atoms with van der Waals surface area (Å²) in [7, 11) is 0. The van der Waals surface area contributed by atoms with Crippen molar-refractivity contribution in [3.05, 3.63) is 47.0 Å². The topological polar surface area (TPSA) is 40.5 Å². The third kappa shape index (κ3) is 3.13. The first-order valence-corrected chi connectivity index (χ1v) is 8.84. The van der Waals surface area contributed by atoms with Gasteiger partial charge in [0.1, 0.15) is 0 Å². The molecule has 0 bridgehead atoms. The summed E-state index contributed by atoms with van der Waals surface area (Å²) >= 11 is 0. The molecule has 2 nitrogen and oxygen atoms in total. The minimum Gasteiger partial charge on any atom is -0.392 e. The molecule has 0 radical (unpaired) electrons. The van der Waals surface area contributed by atoms with Gasteiger partial charge in [-0.15, -0.1) is 0 Å². The van der Waals surface area contributed by atoms with Crippen LogP contribution in [0.25, 0.3) is 0 Å². The molecule has 4 atom stereocenters. The van der Waals surface area contributed by atoms with E-state index in [1.807, 2.05) is 0 Å². The SMILES string of the molecule is CCC/C=C/CC1CCC(O)C1c1ccc2c(c1)CCC2O. The number of benzene rings is 1. The van der Waals surface area contributed by atoms with E-state index >= 15 is 0 Å². The van der Waals surface area contributed by atoms with E-state index in [0.29, 0.717) is 5.92 Å². The third-order valence-electron chi connectivity index (χ3n) is 5.41. The summed E-state index contributed by atoms with van der Waals surface area (Å²) in [6, 6.07) is 6.46. The van der Waals surface area contributed by atoms with Crippen molar-refractivity contribution >= 4 is 0 Å². The Morgan fingerprint density at radius 3 is 2.82 bits per heavy atom. The van der Waals surface area contributed by atoms with Crippen LogP contribution < -0.4 is 0 Å². The second-order valence-corrected chi connectivity index (χ2v) is 6.94. The Bertz CT molecular complexity index is 535. The zero-order valence-corrected chi connectivity index (χ0v) is 13.5. The number of rotatable bonds is 5. The fourth-order valence-corrected chi connectivity index (χ4v) is 4.19. The fourth-order valence-electron chi connectivity index (χ4n) is 4.19. The molecule has 1 fully saturated rings. The van der Waals surface area contributed by atoms with Gasteiger partial charge in [0.25, 0.3) is 0 Å². The minimum atomic E-state index is -0.287. The Kier molecular flexibility index (Phi) is 5.00. The van der Waals surface area contributed by atoms with Crippen LogP contribution in [0.1, 0.15) is 74.2 Å². The van der Waals surface area contributed by atoms with Gasteiger partial charge in [-0.25, -0.2) is 0 Å². The molecule has 0 aromatic heterocycles. The molecule has 0 spiro atoms. The monoisotopic (exact) mass is 300 g/mol. The molecule has 2 heteroatoms. The van der Waals surface area contributed by atoms with Crippen LogP contribution in [0, 0.1) is 5.92 Å². The summed E-state index contributed by atoms with van der Waals surface area (Å²) in [5.41, 5.74) is 3.65. The molecular weight excluding hydrogens is 272 g/mol. The summed E-state index contributed by atoms with van der Waals surface area (Å²) < 4.78 is 0. The second kappa shape index (κ2) is 6.97. The highest BCUT2D eigenvalue weighted by molar-refractivity contribution is 5.39. The van der Waals surface area contributed by atoms with Crippen molar-refractivity contribution in [3.8, 4) is 0 Å². The molecule has 120 valence electrons. The fraction of sp³-hybridized carbons (Fsp3) is 0.600. The van der Waals surface area contributed by atoms with Crippen molar-refractivity contribution in [3.63, 3.8) is 0 Å². The Morgan fingerprint density at radius 1 is 1.14 bits per heavy atom. The van der Waals surface area contributed by atoms with Crippen molar-refractivity contribution in [1.29, 1.82) is 0 Å². The summed E-state index contributed by atoms with van der Waals surface area (Å²) in [5, 5.41) is 20.4. The Morgan fingerprint density at radius 2 is 2.00 bits per heavy atom. The van der Waals surface area contributed by atoms with Crippen molar-refractivity contribution in [2.24, 2.45) is 5.92 Å². The van der Waals surface area contributed by atoms with E-state index in [-0.39, 0.29) is 18.1 Å². The zero-order chi connectivity index (χ0) is 15.5. The van der Waals surface area contributed by atoms with Crippen LogP contribution in [0.4, 0.5) is 0 Å². The molecule has 0 aliphatic heterocycles. The lowest BCUT2D eigenvalue weighted by Crippen LogP contribution is -2.17. The summed E-state index contributed by atoms with van der Waals surface area (Å²) in [4.78, 5) is 0. The van der Waals surface area contributed by atoms with Crippen LogP contribution in [-0.4, -0.2) is 16.3 Å². The number of aliphatic hydroxyl groups excluding tert-OH is 2. The average molecular weight is 300 g/mol. The van der Waals surface area contributed by atoms with Gasteiger partial charge in [0.05, 0.1) is 12.2 Å². The minimum absolute atomic E-state index is 0.214. The van der Waals surface area contributed by atoms with Crippen LogP contribution in [0.15, 0.2) is 30.4 Å². The molecular formula is C20H28O2. The van der Waals surface area contributed by atoms with E-state index < -0.39 is 0 Å². The number of hydrogen-bond acceptors (Lipinski definition) is 2. The molecule has 0 saturated heterocycles. The highest BCUT2D eigenvalue weighted by Gasteiger charge is 2.36. The lowest BCUT2D eigenvalue weighted by molar-refractivity contribution is 0.155. The van der Waals surface area contributed by atoms with Gasteiger partial charge in [-0.3, -0.25) is 0 Å². The predicted octanol–water partition coefficient (Wildman–Crippen LogP) is 4.27. The van der Waals surface area contributed by atoms with Gasteiger partial charge in [0.15, 0.2) is 0 Å². The Hall–Kier alpha value is -1.12. The van der Waals surface area contributed by atoms with E-state index in [4.69, 9.17) is 0 Å².